The van der Waals surface area contributed by atoms with E-state index in [2.05, 4.69) is 5.32 Å². The van der Waals surface area contributed by atoms with Gasteiger partial charge in [0.15, 0.2) is 6.10 Å². The minimum Gasteiger partial charge on any atom is -0.508 e. The standard InChI is InChI=1S/C18H18ClNO5/c1-11(25-17(22)9-12-3-6-14(21)7-4-12)18(23)20-15-10-13(19)5-8-16(15)24-2/h3-8,10-11,21H,9H2,1-2H3,(H,20,23)/t11-/m0/s1. The van der Waals surface area contributed by atoms with Gasteiger partial charge in [-0.1, -0.05) is 23.7 Å². The van der Waals surface area contributed by atoms with Crippen LogP contribution in [0.15, 0.2) is 42.5 Å². The average molecular weight is 364 g/mol. The molecule has 132 valence electrons. The first-order valence-electron chi connectivity index (χ1n) is 7.51. The number of benzene rings is 2. The molecule has 0 unspecified atom stereocenters. The summed E-state index contributed by atoms with van der Waals surface area (Å²) < 4.78 is 10.3. The van der Waals surface area contributed by atoms with Crippen molar-refractivity contribution in [2.24, 2.45) is 0 Å². The molecule has 1 amide bonds. The summed E-state index contributed by atoms with van der Waals surface area (Å²) in [5, 5.41) is 12.3. The Kier molecular flexibility index (Phi) is 6.25. The van der Waals surface area contributed by atoms with Crippen LogP contribution in [0.2, 0.25) is 5.02 Å². The molecule has 0 saturated heterocycles. The van der Waals surface area contributed by atoms with Crippen LogP contribution in [0.3, 0.4) is 0 Å². The van der Waals surface area contributed by atoms with Crippen molar-refractivity contribution >= 4 is 29.2 Å². The van der Waals surface area contributed by atoms with E-state index in [1.54, 1.807) is 30.3 Å². The summed E-state index contributed by atoms with van der Waals surface area (Å²) >= 11 is 5.91. The van der Waals surface area contributed by atoms with Crippen LogP contribution in [0, 0.1) is 0 Å². The highest BCUT2D eigenvalue weighted by atomic mass is 35.5. The summed E-state index contributed by atoms with van der Waals surface area (Å²) in [5.74, 6) is -0.494. The van der Waals surface area contributed by atoms with E-state index in [0.717, 1.165) is 0 Å². The van der Waals surface area contributed by atoms with Crippen LogP contribution in [0.25, 0.3) is 0 Å². The van der Waals surface area contributed by atoms with Gasteiger partial charge < -0.3 is 19.9 Å². The third-order valence-corrected chi connectivity index (χ3v) is 3.62. The number of phenols is 1. The van der Waals surface area contributed by atoms with E-state index in [1.807, 2.05) is 0 Å². The zero-order chi connectivity index (χ0) is 18.4. The van der Waals surface area contributed by atoms with E-state index in [0.29, 0.717) is 22.0 Å². The molecule has 2 rings (SSSR count). The number of carbonyl (C=O) groups is 2. The molecule has 0 saturated carbocycles. The number of rotatable bonds is 6. The van der Waals surface area contributed by atoms with Crippen molar-refractivity contribution in [1.29, 1.82) is 0 Å². The molecule has 0 aliphatic carbocycles. The second-order valence-electron chi connectivity index (χ2n) is 5.31. The minimum absolute atomic E-state index is 0.00160. The van der Waals surface area contributed by atoms with Crippen LogP contribution in [-0.2, 0) is 20.7 Å². The van der Waals surface area contributed by atoms with Crippen LogP contribution in [0.4, 0.5) is 5.69 Å². The van der Waals surface area contributed by atoms with Crippen molar-refractivity contribution < 1.29 is 24.2 Å². The maximum atomic E-state index is 12.2. The minimum atomic E-state index is -0.992. The van der Waals surface area contributed by atoms with Gasteiger partial charge in [-0.05, 0) is 42.8 Å². The second-order valence-corrected chi connectivity index (χ2v) is 5.75. The van der Waals surface area contributed by atoms with Gasteiger partial charge in [0.1, 0.15) is 11.5 Å². The Balaban J connectivity index is 1.94. The lowest BCUT2D eigenvalue weighted by Gasteiger charge is -2.15. The lowest BCUT2D eigenvalue weighted by Crippen LogP contribution is -2.30. The second kappa shape index (κ2) is 8.39. The summed E-state index contributed by atoms with van der Waals surface area (Å²) in [6.45, 7) is 1.47. The Hall–Kier alpha value is -2.73. The SMILES string of the molecule is COc1ccc(Cl)cc1NC(=O)[C@H](C)OC(=O)Cc1ccc(O)cc1. The Bertz CT molecular complexity index is 761. The van der Waals surface area contributed by atoms with Gasteiger partial charge in [0.05, 0.1) is 19.2 Å². The number of ether oxygens (including phenoxy) is 2. The lowest BCUT2D eigenvalue weighted by molar-refractivity contribution is -0.152. The number of methoxy groups -OCH3 is 1. The highest BCUT2D eigenvalue weighted by Gasteiger charge is 2.19. The fourth-order valence-corrected chi connectivity index (χ4v) is 2.26. The van der Waals surface area contributed by atoms with E-state index >= 15 is 0 Å². The summed E-state index contributed by atoms with van der Waals surface area (Å²) in [7, 11) is 1.47. The average Bonchev–Trinajstić information content (AvgIpc) is 2.57. The van der Waals surface area contributed by atoms with Gasteiger partial charge in [-0.2, -0.15) is 0 Å². The monoisotopic (exact) mass is 363 g/mol. The fraction of sp³-hybridized carbons (Fsp3) is 0.222. The number of nitrogens with one attached hydrogen (secondary N) is 1. The molecule has 0 heterocycles. The molecule has 2 aromatic rings. The predicted octanol–water partition coefficient (Wildman–Crippen LogP) is 3.17. The highest BCUT2D eigenvalue weighted by Crippen LogP contribution is 2.27. The van der Waals surface area contributed by atoms with E-state index < -0.39 is 18.0 Å². The molecule has 0 aliphatic rings. The first-order chi connectivity index (χ1) is 11.9. The van der Waals surface area contributed by atoms with Crippen molar-refractivity contribution in [3.63, 3.8) is 0 Å². The molecule has 0 radical (unpaired) electrons. The number of amides is 1. The molecule has 25 heavy (non-hydrogen) atoms. The van der Waals surface area contributed by atoms with E-state index in [1.165, 1.54) is 26.2 Å². The normalized spacial score (nSPS) is 11.5. The Labute approximate surface area is 150 Å². The van der Waals surface area contributed by atoms with Gasteiger partial charge in [0.25, 0.3) is 5.91 Å². The number of esters is 1. The van der Waals surface area contributed by atoms with Crippen molar-refractivity contribution in [2.75, 3.05) is 12.4 Å². The molecule has 0 fully saturated rings. The van der Waals surface area contributed by atoms with Gasteiger partial charge in [-0.15, -0.1) is 0 Å². The molecule has 0 spiro atoms. The van der Waals surface area contributed by atoms with Crippen molar-refractivity contribution in [2.45, 2.75) is 19.4 Å². The summed E-state index contributed by atoms with van der Waals surface area (Å²) in [4.78, 5) is 24.1. The molecular formula is C18H18ClNO5. The molecule has 2 N–H and O–H groups in total. The Morgan fingerprint density at radius 3 is 2.52 bits per heavy atom. The zero-order valence-corrected chi connectivity index (χ0v) is 14.5. The maximum absolute atomic E-state index is 12.2. The summed E-state index contributed by atoms with van der Waals surface area (Å²) in [6.07, 6.45) is -0.994. The smallest absolute Gasteiger partial charge is 0.311 e. The molecule has 1 atom stereocenters. The third-order valence-electron chi connectivity index (χ3n) is 3.38. The Morgan fingerprint density at radius 2 is 1.88 bits per heavy atom. The lowest BCUT2D eigenvalue weighted by atomic mass is 10.1. The van der Waals surface area contributed by atoms with Crippen molar-refractivity contribution in [3.8, 4) is 11.5 Å². The van der Waals surface area contributed by atoms with Gasteiger partial charge in [0, 0.05) is 5.02 Å². The number of hydrogen-bond acceptors (Lipinski definition) is 5. The number of halogens is 1. The van der Waals surface area contributed by atoms with Crippen LogP contribution < -0.4 is 10.1 Å². The zero-order valence-electron chi connectivity index (χ0n) is 13.8. The number of aromatic hydroxyl groups is 1. The van der Waals surface area contributed by atoms with E-state index in [-0.39, 0.29) is 12.2 Å². The molecule has 6 nitrogen and oxygen atoms in total. The number of anilines is 1. The maximum Gasteiger partial charge on any atom is 0.311 e. The number of carbonyl (C=O) groups excluding carboxylic acids is 2. The summed E-state index contributed by atoms with van der Waals surface area (Å²) in [5.41, 5.74) is 1.06. The van der Waals surface area contributed by atoms with Crippen molar-refractivity contribution in [3.05, 3.63) is 53.1 Å². The van der Waals surface area contributed by atoms with E-state index in [4.69, 9.17) is 21.1 Å². The van der Waals surface area contributed by atoms with Gasteiger partial charge >= 0.3 is 5.97 Å². The molecule has 2 aromatic carbocycles. The van der Waals surface area contributed by atoms with Crippen LogP contribution in [0.1, 0.15) is 12.5 Å². The van der Waals surface area contributed by atoms with Crippen LogP contribution >= 0.6 is 11.6 Å². The van der Waals surface area contributed by atoms with Crippen LogP contribution in [-0.4, -0.2) is 30.2 Å². The fourth-order valence-electron chi connectivity index (χ4n) is 2.09. The quantitative estimate of drug-likeness (QED) is 0.770. The molecule has 7 heteroatoms. The number of phenolic OH excluding ortho intramolecular Hbond substituents is 1. The van der Waals surface area contributed by atoms with E-state index in [9.17, 15) is 14.7 Å². The molecular weight excluding hydrogens is 346 g/mol. The summed E-state index contributed by atoms with van der Waals surface area (Å²) in [6, 6.07) is 11.0. The first-order valence-corrected chi connectivity index (χ1v) is 7.88. The topological polar surface area (TPSA) is 84.9 Å². The number of hydrogen-bond donors (Lipinski definition) is 2. The van der Waals surface area contributed by atoms with Gasteiger partial charge in [-0.25, -0.2) is 0 Å². The van der Waals surface area contributed by atoms with Gasteiger partial charge in [-0.3, -0.25) is 9.59 Å². The molecule has 0 aliphatic heterocycles. The third kappa shape index (κ3) is 5.39. The molecule has 0 bridgehead atoms. The van der Waals surface area contributed by atoms with Gasteiger partial charge in [0.2, 0.25) is 0 Å². The highest BCUT2D eigenvalue weighted by molar-refractivity contribution is 6.31. The van der Waals surface area contributed by atoms with Crippen LogP contribution in [0.5, 0.6) is 11.5 Å². The molecule has 0 aromatic heterocycles. The predicted molar refractivity (Wildman–Crippen MR) is 94.0 cm³/mol. The van der Waals surface area contributed by atoms with Crippen molar-refractivity contribution in [1.82, 2.24) is 0 Å². The first kappa shape index (κ1) is 18.6. The largest absolute Gasteiger partial charge is 0.508 e. The Morgan fingerprint density at radius 1 is 1.20 bits per heavy atom.